The van der Waals surface area contributed by atoms with Gasteiger partial charge in [-0.2, -0.15) is 0 Å². The predicted molar refractivity (Wildman–Crippen MR) is 128 cm³/mol. The summed E-state index contributed by atoms with van der Waals surface area (Å²) in [5.74, 6) is 1.94. The Bertz CT molecular complexity index is 1070. The number of nitrogens with one attached hydrogen (secondary N) is 1. The van der Waals surface area contributed by atoms with E-state index in [-0.39, 0.29) is 12.0 Å². The third kappa shape index (κ3) is 6.00. The van der Waals surface area contributed by atoms with E-state index in [1.54, 1.807) is 12.4 Å². The van der Waals surface area contributed by atoms with Crippen molar-refractivity contribution in [3.63, 3.8) is 0 Å². The average molecular weight is 447 g/mol. The van der Waals surface area contributed by atoms with Gasteiger partial charge in [0.2, 0.25) is 5.95 Å². The normalized spacial score (nSPS) is 15.7. The summed E-state index contributed by atoms with van der Waals surface area (Å²) in [5.41, 5.74) is 2.67. The number of hydrogen-bond acceptors (Lipinski definition) is 6. The molecule has 0 bridgehead atoms. The second-order valence-electron chi connectivity index (χ2n) is 8.15. The quantitative estimate of drug-likeness (QED) is 0.560. The Balaban J connectivity index is 1.35. The number of nitrogens with zero attached hydrogens (tertiary/aromatic N) is 3. The van der Waals surface area contributed by atoms with Crippen molar-refractivity contribution in [2.24, 2.45) is 0 Å². The molecule has 1 aliphatic heterocycles. The minimum Gasteiger partial charge on any atom is -0.490 e. The largest absolute Gasteiger partial charge is 0.490 e. The van der Waals surface area contributed by atoms with E-state index in [1.165, 1.54) is 5.56 Å². The van der Waals surface area contributed by atoms with Gasteiger partial charge < -0.3 is 19.7 Å². The fourth-order valence-corrected chi connectivity index (χ4v) is 3.93. The van der Waals surface area contributed by atoms with Crippen molar-refractivity contribution in [1.29, 1.82) is 0 Å². The molecular weight excluding hydrogens is 416 g/mol. The highest BCUT2D eigenvalue weighted by atomic mass is 16.5. The average Bonchev–Trinajstić information content (AvgIpc) is 2.84. The summed E-state index contributed by atoms with van der Waals surface area (Å²) in [6.45, 7) is 6.59. The van der Waals surface area contributed by atoms with Crippen LogP contribution in [0.25, 0.3) is 0 Å². The molecule has 1 saturated heterocycles. The molecule has 3 aromatic rings. The number of benzene rings is 2. The monoisotopic (exact) mass is 446 g/mol. The Kier molecular flexibility index (Phi) is 7.40. The van der Waals surface area contributed by atoms with E-state index in [1.807, 2.05) is 56.3 Å². The van der Waals surface area contributed by atoms with E-state index in [0.717, 1.165) is 36.4 Å². The molecule has 7 nitrogen and oxygen atoms in total. The van der Waals surface area contributed by atoms with Gasteiger partial charge in [-0.25, -0.2) is 9.97 Å². The van der Waals surface area contributed by atoms with Crippen molar-refractivity contribution in [3.8, 4) is 11.5 Å². The molecule has 1 amide bonds. The molecule has 1 unspecified atom stereocenters. The summed E-state index contributed by atoms with van der Waals surface area (Å²) < 4.78 is 11.9. The molecule has 1 atom stereocenters. The second kappa shape index (κ2) is 10.8. The number of hydrogen-bond donors (Lipinski definition) is 1. The molecule has 1 aromatic heterocycles. The molecular formula is C26H30N4O3. The maximum absolute atomic E-state index is 12.5. The van der Waals surface area contributed by atoms with Gasteiger partial charge in [0, 0.05) is 25.5 Å². The molecule has 2 heterocycles. The third-order valence-electron chi connectivity index (χ3n) is 5.54. The Morgan fingerprint density at radius 3 is 2.67 bits per heavy atom. The number of amides is 1. The minimum atomic E-state index is -0.185. The second-order valence-corrected chi connectivity index (χ2v) is 8.15. The molecule has 4 rings (SSSR count). The Hall–Kier alpha value is -3.61. The zero-order chi connectivity index (χ0) is 23.0. The number of para-hydroxylation sites is 2. The molecule has 1 fully saturated rings. The highest BCUT2D eigenvalue weighted by molar-refractivity contribution is 5.93. The van der Waals surface area contributed by atoms with Crippen LogP contribution in [0.5, 0.6) is 11.5 Å². The first kappa shape index (κ1) is 22.6. The smallest absolute Gasteiger partial charge is 0.254 e. The van der Waals surface area contributed by atoms with Crippen molar-refractivity contribution in [3.05, 3.63) is 77.6 Å². The molecule has 7 heteroatoms. The topological polar surface area (TPSA) is 76.6 Å². The molecule has 0 radical (unpaired) electrons. The van der Waals surface area contributed by atoms with Crippen molar-refractivity contribution in [2.75, 3.05) is 24.6 Å². The van der Waals surface area contributed by atoms with Gasteiger partial charge in [0.05, 0.1) is 18.7 Å². The molecule has 0 spiro atoms. The maximum atomic E-state index is 12.5. The van der Waals surface area contributed by atoms with Crippen molar-refractivity contribution in [1.82, 2.24) is 15.3 Å². The SMILES string of the molecule is CCOc1ccccc1OC1CCCN(c2ncc(C(=O)NCc3cccc(C)c3)cn2)C1. The summed E-state index contributed by atoms with van der Waals surface area (Å²) in [6, 6.07) is 15.8. The number of anilines is 1. The van der Waals surface area contributed by atoms with Crippen LogP contribution in [0.15, 0.2) is 60.9 Å². The van der Waals surface area contributed by atoms with Crippen molar-refractivity contribution >= 4 is 11.9 Å². The summed E-state index contributed by atoms with van der Waals surface area (Å²) in [7, 11) is 0. The van der Waals surface area contributed by atoms with E-state index in [0.29, 0.717) is 31.2 Å². The zero-order valence-corrected chi connectivity index (χ0v) is 19.2. The van der Waals surface area contributed by atoms with E-state index in [4.69, 9.17) is 9.47 Å². The van der Waals surface area contributed by atoms with Crippen LogP contribution in [0.1, 0.15) is 41.3 Å². The number of carbonyl (C=O) groups excluding carboxylic acids is 1. The first-order valence-corrected chi connectivity index (χ1v) is 11.4. The van der Waals surface area contributed by atoms with Crippen LogP contribution < -0.4 is 19.7 Å². The molecule has 0 saturated carbocycles. The van der Waals surface area contributed by atoms with Crippen LogP contribution in [0.3, 0.4) is 0 Å². The highest BCUT2D eigenvalue weighted by Crippen LogP contribution is 2.29. The van der Waals surface area contributed by atoms with Crippen LogP contribution in [-0.2, 0) is 6.54 Å². The zero-order valence-electron chi connectivity index (χ0n) is 19.2. The summed E-state index contributed by atoms with van der Waals surface area (Å²) in [5, 5.41) is 2.93. The van der Waals surface area contributed by atoms with Gasteiger partial charge in [0.1, 0.15) is 6.10 Å². The van der Waals surface area contributed by atoms with Gasteiger partial charge in [-0.1, -0.05) is 42.0 Å². The summed E-state index contributed by atoms with van der Waals surface area (Å²) >= 11 is 0. The predicted octanol–water partition coefficient (Wildman–Crippen LogP) is 4.16. The minimum absolute atomic E-state index is 0.0151. The molecule has 172 valence electrons. The number of carbonyl (C=O) groups is 1. The van der Waals surface area contributed by atoms with Crippen molar-refractivity contribution < 1.29 is 14.3 Å². The molecule has 1 aliphatic rings. The van der Waals surface area contributed by atoms with E-state index >= 15 is 0 Å². The summed E-state index contributed by atoms with van der Waals surface area (Å²) in [4.78, 5) is 23.5. The molecule has 2 aromatic carbocycles. The van der Waals surface area contributed by atoms with E-state index in [9.17, 15) is 4.79 Å². The fraction of sp³-hybridized carbons (Fsp3) is 0.346. The number of aryl methyl sites for hydroxylation is 1. The lowest BCUT2D eigenvalue weighted by Gasteiger charge is -2.33. The van der Waals surface area contributed by atoms with Gasteiger partial charge in [0.25, 0.3) is 5.91 Å². The number of ether oxygens (including phenoxy) is 2. The van der Waals surface area contributed by atoms with Crippen LogP contribution >= 0.6 is 0 Å². The number of aromatic nitrogens is 2. The first-order chi connectivity index (χ1) is 16.1. The third-order valence-corrected chi connectivity index (χ3v) is 5.54. The van der Waals surface area contributed by atoms with Gasteiger partial charge in [-0.3, -0.25) is 4.79 Å². The summed E-state index contributed by atoms with van der Waals surface area (Å²) in [6.07, 6.45) is 5.12. The Labute approximate surface area is 194 Å². The van der Waals surface area contributed by atoms with Gasteiger partial charge in [-0.05, 0) is 44.4 Å². The first-order valence-electron chi connectivity index (χ1n) is 11.4. The van der Waals surface area contributed by atoms with Crippen LogP contribution in [-0.4, -0.2) is 41.7 Å². The maximum Gasteiger partial charge on any atom is 0.254 e. The lowest BCUT2D eigenvalue weighted by molar-refractivity contribution is 0.0950. The fourth-order valence-electron chi connectivity index (χ4n) is 3.93. The van der Waals surface area contributed by atoms with Gasteiger partial charge in [0.15, 0.2) is 11.5 Å². The molecule has 1 N–H and O–H groups in total. The van der Waals surface area contributed by atoms with Crippen LogP contribution in [0.2, 0.25) is 0 Å². The molecule has 0 aliphatic carbocycles. The van der Waals surface area contributed by atoms with Crippen molar-refractivity contribution in [2.45, 2.75) is 39.3 Å². The standard InChI is InChI=1S/C26H30N4O3/c1-3-32-23-11-4-5-12-24(23)33-22-10-7-13-30(18-22)26-28-16-21(17-29-26)25(31)27-15-20-9-6-8-19(2)14-20/h4-6,8-9,11-12,14,16-17,22H,3,7,10,13,15,18H2,1-2H3,(H,27,31). The lowest BCUT2D eigenvalue weighted by Crippen LogP contribution is -2.42. The Morgan fingerprint density at radius 1 is 1.12 bits per heavy atom. The lowest BCUT2D eigenvalue weighted by atomic mass is 10.1. The van der Waals surface area contributed by atoms with E-state index < -0.39 is 0 Å². The number of rotatable bonds is 8. The van der Waals surface area contributed by atoms with Gasteiger partial charge >= 0.3 is 0 Å². The highest BCUT2D eigenvalue weighted by Gasteiger charge is 2.24. The molecule has 33 heavy (non-hydrogen) atoms. The van der Waals surface area contributed by atoms with Crippen LogP contribution in [0, 0.1) is 6.92 Å². The van der Waals surface area contributed by atoms with E-state index in [2.05, 4.69) is 26.3 Å². The number of piperidine rings is 1. The van der Waals surface area contributed by atoms with Gasteiger partial charge in [-0.15, -0.1) is 0 Å². The Morgan fingerprint density at radius 2 is 1.91 bits per heavy atom. The van der Waals surface area contributed by atoms with Crippen LogP contribution in [0.4, 0.5) is 5.95 Å².